The van der Waals surface area contributed by atoms with Gasteiger partial charge in [0.1, 0.15) is 17.9 Å². The minimum absolute atomic E-state index is 0.0630. The molecule has 0 fully saturated rings. The van der Waals surface area contributed by atoms with Gasteiger partial charge >= 0.3 is 0 Å². The fourth-order valence-corrected chi connectivity index (χ4v) is 0.807. The topological polar surface area (TPSA) is 17.1 Å². The molecule has 0 aliphatic rings. The first-order chi connectivity index (χ1) is 5.65. The normalized spacial score (nSPS) is 9.50. The molecule has 1 aromatic carbocycles. The number of hydrogen-bond acceptors (Lipinski definition) is 1. The molecule has 0 aromatic heterocycles. The van der Waals surface area contributed by atoms with Gasteiger partial charge in [0.15, 0.2) is 0 Å². The zero-order valence-electron chi connectivity index (χ0n) is 6.18. The van der Waals surface area contributed by atoms with Crippen molar-refractivity contribution in [3.8, 4) is 0 Å². The predicted molar refractivity (Wildman–Crippen MR) is 41.5 cm³/mol. The first kappa shape index (κ1) is 8.59. The largest absolute Gasteiger partial charge is 0.298 e. The van der Waals surface area contributed by atoms with E-state index < -0.39 is 11.6 Å². The fourth-order valence-electron chi connectivity index (χ4n) is 0.807. The summed E-state index contributed by atoms with van der Waals surface area (Å²) < 4.78 is 25.3. The van der Waals surface area contributed by atoms with Crippen LogP contribution in [-0.4, -0.2) is 6.29 Å². The number of carbonyl (C=O) groups excluding carboxylic acids is 1. The Morgan fingerprint density at radius 3 is 2.67 bits per heavy atom. The van der Waals surface area contributed by atoms with E-state index in [1.54, 1.807) is 0 Å². The molecule has 0 N–H and O–H groups in total. The van der Waals surface area contributed by atoms with Crippen molar-refractivity contribution in [2.75, 3.05) is 0 Å². The third-order valence-corrected chi connectivity index (χ3v) is 1.42. The van der Waals surface area contributed by atoms with Gasteiger partial charge in [-0.2, -0.15) is 0 Å². The van der Waals surface area contributed by atoms with Crippen molar-refractivity contribution >= 4 is 11.9 Å². The van der Waals surface area contributed by atoms with Crippen molar-refractivity contribution in [2.45, 2.75) is 0 Å². The second-order valence-corrected chi connectivity index (χ2v) is 2.27. The maximum Gasteiger partial charge on any atom is 0.150 e. The van der Waals surface area contributed by atoms with Crippen LogP contribution in [0.25, 0.3) is 5.57 Å². The zero-order valence-corrected chi connectivity index (χ0v) is 6.18. The highest BCUT2D eigenvalue weighted by atomic mass is 19.1. The highest BCUT2D eigenvalue weighted by molar-refractivity contribution is 6.05. The maximum absolute atomic E-state index is 12.8. The average molecular weight is 168 g/mol. The summed E-state index contributed by atoms with van der Waals surface area (Å²) in [6.45, 7) is 3.27. The van der Waals surface area contributed by atoms with Gasteiger partial charge in [0.25, 0.3) is 0 Å². The lowest BCUT2D eigenvalue weighted by Crippen LogP contribution is -1.90. The second kappa shape index (κ2) is 3.26. The number of halogens is 2. The van der Waals surface area contributed by atoms with Gasteiger partial charge in [-0.05, 0) is 18.2 Å². The van der Waals surface area contributed by atoms with E-state index in [1.165, 1.54) is 0 Å². The summed E-state index contributed by atoms with van der Waals surface area (Å²) in [4.78, 5) is 10.2. The van der Waals surface area contributed by atoms with E-state index in [-0.39, 0.29) is 11.1 Å². The van der Waals surface area contributed by atoms with E-state index in [9.17, 15) is 13.6 Å². The lowest BCUT2D eigenvalue weighted by atomic mass is 10.1. The van der Waals surface area contributed by atoms with Crippen LogP contribution >= 0.6 is 0 Å². The fraction of sp³-hybridized carbons (Fsp3) is 0. The molecule has 0 saturated carbocycles. The van der Waals surface area contributed by atoms with Gasteiger partial charge in [-0.1, -0.05) is 6.58 Å². The van der Waals surface area contributed by atoms with Gasteiger partial charge in [0.2, 0.25) is 0 Å². The summed E-state index contributed by atoms with van der Waals surface area (Å²) in [6, 6.07) is 2.88. The van der Waals surface area contributed by atoms with E-state index in [0.717, 1.165) is 18.2 Å². The van der Waals surface area contributed by atoms with Crippen molar-refractivity contribution < 1.29 is 13.6 Å². The van der Waals surface area contributed by atoms with Gasteiger partial charge < -0.3 is 0 Å². The van der Waals surface area contributed by atoms with E-state index in [1.807, 2.05) is 0 Å². The van der Waals surface area contributed by atoms with Crippen LogP contribution in [0.2, 0.25) is 0 Å². The van der Waals surface area contributed by atoms with Crippen LogP contribution in [-0.2, 0) is 4.79 Å². The van der Waals surface area contributed by atoms with E-state index in [0.29, 0.717) is 6.29 Å². The third kappa shape index (κ3) is 1.56. The van der Waals surface area contributed by atoms with Crippen molar-refractivity contribution in [2.24, 2.45) is 0 Å². The molecule has 0 heterocycles. The molecule has 1 rings (SSSR count). The summed E-state index contributed by atoms with van der Waals surface area (Å²) in [5, 5.41) is 0. The molecule has 0 atom stereocenters. The Kier molecular flexibility index (Phi) is 2.33. The molecule has 0 unspecified atom stereocenters. The lowest BCUT2D eigenvalue weighted by molar-refractivity contribution is -0.103. The molecule has 0 amide bonds. The predicted octanol–water partition coefficient (Wildman–Crippen LogP) is 2.18. The molecule has 12 heavy (non-hydrogen) atoms. The molecule has 62 valence electrons. The van der Waals surface area contributed by atoms with E-state index >= 15 is 0 Å². The van der Waals surface area contributed by atoms with Crippen LogP contribution in [0.3, 0.4) is 0 Å². The molecule has 0 spiro atoms. The van der Waals surface area contributed by atoms with Crippen LogP contribution < -0.4 is 0 Å². The van der Waals surface area contributed by atoms with Crippen LogP contribution in [0.4, 0.5) is 8.78 Å². The Balaban J connectivity index is 3.22. The van der Waals surface area contributed by atoms with Crippen molar-refractivity contribution in [3.63, 3.8) is 0 Å². The molecular weight excluding hydrogens is 162 g/mol. The van der Waals surface area contributed by atoms with Crippen LogP contribution in [0.15, 0.2) is 24.8 Å². The SMILES string of the molecule is C=C(C=O)c1cc(F)ccc1F. The van der Waals surface area contributed by atoms with E-state index in [4.69, 9.17) is 0 Å². The standard InChI is InChI=1S/C9H6F2O/c1-6(5-12)8-4-7(10)2-3-9(8)11/h2-5H,1H2. The average Bonchev–Trinajstić information content (AvgIpc) is 2.08. The van der Waals surface area contributed by atoms with Gasteiger partial charge in [-0.15, -0.1) is 0 Å². The maximum atomic E-state index is 12.8. The Hall–Kier alpha value is -1.51. The number of aldehydes is 1. The minimum atomic E-state index is -0.645. The third-order valence-electron chi connectivity index (χ3n) is 1.42. The molecule has 1 aromatic rings. The van der Waals surface area contributed by atoms with Gasteiger partial charge in [-0.25, -0.2) is 8.78 Å². The van der Waals surface area contributed by atoms with Crippen LogP contribution in [0.5, 0.6) is 0 Å². The number of carbonyl (C=O) groups is 1. The van der Waals surface area contributed by atoms with Crippen molar-refractivity contribution in [1.82, 2.24) is 0 Å². The Morgan fingerprint density at radius 2 is 2.08 bits per heavy atom. The molecule has 3 heteroatoms. The minimum Gasteiger partial charge on any atom is -0.298 e. The monoisotopic (exact) mass is 168 g/mol. The highest BCUT2D eigenvalue weighted by Gasteiger charge is 2.05. The van der Waals surface area contributed by atoms with Crippen LogP contribution in [0, 0.1) is 11.6 Å². The molecule has 0 radical (unpaired) electrons. The first-order valence-electron chi connectivity index (χ1n) is 3.24. The van der Waals surface area contributed by atoms with Crippen molar-refractivity contribution in [3.05, 3.63) is 42.0 Å². The summed E-state index contributed by atoms with van der Waals surface area (Å²) in [5.41, 5.74) is -0.156. The Labute approximate surface area is 68.3 Å². The smallest absolute Gasteiger partial charge is 0.150 e. The quantitative estimate of drug-likeness (QED) is 0.488. The van der Waals surface area contributed by atoms with Crippen molar-refractivity contribution in [1.29, 1.82) is 0 Å². The number of hydrogen-bond donors (Lipinski definition) is 0. The summed E-state index contributed by atoms with van der Waals surface area (Å²) >= 11 is 0. The molecule has 0 saturated heterocycles. The van der Waals surface area contributed by atoms with Gasteiger partial charge in [0.05, 0.1) is 0 Å². The second-order valence-electron chi connectivity index (χ2n) is 2.27. The number of allylic oxidation sites excluding steroid dienone is 1. The highest BCUT2D eigenvalue weighted by Crippen LogP contribution is 2.15. The summed E-state index contributed by atoms with van der Waals surface area (Å²) in [5.74, 6) is -1.23. The molecule has 0 bridgehead atoms. The van der Waals surface area contributed by atoms with Crippen LogP contribution in [0.1, 0.15) is 5.56 Å². The zero-order chi connectivity index (χ0) is 9.14. The Morgan fingerprint density at radius 1 is 1.42 bits per heavy atom. The number of benzene rings is 1. The molecular formula is C9H6F2O. The summed E-state index contributed by atoms with van der Waals surface area (Å²) in [7, 11) is 0. The van der Waals surface area contributed by atoms with E-state index in [2.05, 4.69) is 6.58 Å². The van der Waals surface area contributed by atoms with Gasteiger partial charge in [0, 0.05) is 11.1 Å². The molecule has 0 aliphatic heterocycles. The first-order valence-corrected chi connectivity index (χ1v) is 3.24. The molecule has 0 aliphatic carbocycles. The van der Waals surface area contributed by atoms with Gasteiger partial charge in [-0.3, -0.25) is 4.79 Å². The summed E-state index contributed by atoms with van der Waals surface area (Å²) in [6.07, 6.45) is 0.387. The Bertz CT molecular complexity index is 331. The number of rotatable bonds is 2. The lowest BCUT2D eigenvalue weighted by Gasteiger charge is -1.99. The molecule has 1 nitrogen and oxygen atoms in total.